The molecule has 0 aromatic carbocycles. The first-order chi connectivity index (χ1) is 10.1. The van der Waals surface area contributed by atoms with Crippen molar-refractivity contribution >= 4 is 24.0 Å². The number of nitrogens with zero attached hydrogens (tertiary/aromatic N) is 3. The molecule has 0 fully saturated rings. The summed E-state index contributed by atoms with van der Waals surface area (Å²) in [4.78, 5) is 16.7. The third-order valence-electron chi connectivity index (χ3n) is 4.05. The standard InChI is InChI=1S/C16H20N4O.ClH/c1-11-5-3-4-6-13-9-12(7-8-17-13)15-14(19-16(11)21)10-18-20(15)2;/h7-11H,3-6H2,1-2H3,(H,19,21);1H. The maximum absolute atomic E-state index is 12.3. The van der Waals surface area contributed by atoms with Crippen LogP contribution in [0.25, 0.3) is 11.3 Å². The highest BCUT2D eigenvalue weighted by Crippen LogP contribution is 2.29. The molecule has 1 aliphatic heterocycles. The SMILES string of the molecule is CC1CCCCc2cc(ccn2)-c2c(cnn2C)NC1=O.Cl. The normalized spacial score (nSPS) is 18.3. The first kappa shape index (κ1) is 16.5. The summed E-state index contributed by atoms with van der Waals surface area (Å²) in [7, 11) is 1.89. The Bertz CT molecular complexity index is 668. The van der Waals surface area contributed by atoms with Crippen molar-refractivity contribution in [3.63, 3.8) is 0 Å². The van der Waals surface area contributed by atoms with Crippen molar-refractivity contribution in [1.29, 1.82) is 0 Å². The lowest BCUT2D eigenvalue weighted by molar-refractivity contribution is -0.119. The summed E-state index contributed by atoms with van der Waals surface area (Å²) in [6, 6.07) is 4.06. The van der Waals surface area contributed by atoms with Crippen molar-refractivity contribution in [3.05, 3.63) is 30.2 Å². The average Bonchev–Trinajstić information content (AvgIpc) is 2.83. The fraction of sp³-hybridized carbons (Fsp3) is 0.438. The lowest BCUT2D eigenvalue weighted by Gasteiger charge is -2.14. The molecule has 1 amide bonds. The topological polar surface area (TPSA) is 59.8 Å². The van der Waals surface area contributed by atoms with Crippen molar-refractivity contribution < 1.29 is 4.79 Å². The van der Waals surface area contributed by atoms with Gasteiger partial charge in [-0.3, -0.25) is 14.5 Å². The van der Waals surface area contributed by atoms with Gasteiger partial charge in [0.2, 0.25) is 5.91 Å². The van der Waals surface area contributed by atoms with Crippen molar-refractivity contribution in [2.75, 3.05) is 5.32 Å². The van der Waals surface area contributed by atoms with Crippen molar-refractivity contribution in [1.82, 2.24) is 14.8 Å². The van der Waals surface area contributed by atoms with E-state index in [1.54, 1.807) is 10.9 Å². The molecule has 0 aliphatic carbocycles. The van der Waals surface area contributed by atoms with E-state index < -0.39 is 0 Å². The fourth-order valence-corrected chi connectivity index (χ4v) is 2.78. The molecule has 2 aromatic heterocycles. The number of halogens is 1. The molecule has 3 heterocycles. The number of nitrogens with one attached hydrogen (secondary N) is 1. The molecule has 0 radical (unpaired) electrons. The van der Waals surface area contributed by atoms with Crippen LogP contribution in [0.4, 0.5) is 5.69 Å². The first-order valence-electron chi connectivity index (χ1n) is 7.43. The maximum atomic E-state index is 12.3. The Morgan fingerprint density at radius 2 is 2.18 bits per heavy atom. The van der Waals surface area contributed by atoms with E-state index in [9.17, 15) is 4.79 Å². The van der Waals surface area contributed by atoms with Gasteiger partial charge in [0.1, 0.15) is 0 Å². The number of hydrogen-bond donors (Lipinski definition) is 1. The van der Waals surface area contributed by atoms with Crippen LogP contribution in [0.5, 0.6) is 0 Å². The highest BCUT2D eigenvalue weighted by atomic mass is 35.5. The number of pyridine rings is 1. The van der Waals surface area contributed by atoms with Crippen LogP contribution in [0.3, 0.4) is 0 Å². The zero-order valence-electron chi connectivity index (χ0n) is 12.9. The Labute approximate surface area is 136 Å². The summed E-state index contributed by atoms with van der Waals surface area (Å²) < 4.78 is 1.80. The molecule has 3 rings (SSSR count). The first-order valence-corrected chi connectivity index (χ1v) is 7.43. The molecule has 118 valence electrons. The Balaban J connectivity index is 0.00000176. The minimum atomic E-state index is 0. The monoisotopic (exact) mass is 320 g/mol. The zero-order chi connectivity index (χ0) is 14.8. The quantitative estimate of drug-likeness (QED) is 0.811. The van der Waals surface area contributed by atoms with Gasteiger partial charge in [-0.2, -0.15) is 5.10 Å². The summed E-state index contributed by atoms with van der Waals surface area (Å²) in [6.45, 7) is 1.98. The van der Waals surface area contributed by atoms with Crippen molar-refractivity contribution in [3.8, 4) is 11.3 Å². The van der Waals surface area contributed by atoms with Gasteiger partial charge in [0.05, 0.1) is 17.6 Å². The molecule has 1 atom stereocenters. The van der Waals surface area contributed by atoms with Crippen LogP contribution in [-0.2, 0) is 18.3 Å². The number of aromatic nitrogens is 3. The Morgan fingerprint density at radius 3 is 3.00 bits per heavy atom. The van der Waals surface area contributed by atoms with Crippen LogP contribution in [0.15, 0.2) is 24.5 Å². The van der Waals surface area contributed by atoms with Gasteiger partial charge in [-0.1, -0.05) is 13.3 Å². The average molecular weight is 321 g/mol. The predicted octanol–water partition coefficient (Wildman–Crippen LogP) is 3.20. The van der Waals surface area contributed by atoms with Gasteiger partial charge in [-0.15, -0.1) is 12.4 Å². The zero-order valence-corrected chi connectivity index (χ0v) is 13.7. The molecule has 0 spiro atoms. The van der Waals surface area contributed by atoms with Gasteiger partial charge in [0, 0.05) is 30.4 Å². The van der Waals surface area contributed by atoms with Crippen LogP contribution in [0.2, 0.25) is 0 Å². The third kappa shape index (κ3) is 3.30. The van der Waals surface area contributed by atoms with Gasteiger partial charge >= 0.3 is 0 Å². The van der Waals surface area contributed by atoms with E-state index in [0.717, 1.165) is 48.3 Å². The molecule has 6 heteroatoms. The van der Waals surface area contributed by atoms with Crippen LogP contribution < -0.4 is 5.32 Å². The molecule has 2 aromatic rings. The van der Waals surface area contributed by atoms with Gasteiger partial charge in [-0.05, 0) is 31.4 Å². The Kier molecular flexibility index (Phi) is 5.19. The minimum absolute atomic E-state index is 0. The lowest BCUT2D eigenvalue weighted by atomic mass is 10.00. The largest absolute Gasteiger partial charge is 0.323 e. The molecule has 22 heavy (non-hydrogen) atoms. The molecule has 1 N–H and O–H groups in total. The number of hydrogen-bond acceptors (Lipinski definition) is 3. The molecule has 5 nitrogen and oxygen atoms in total. The van der Waals surface area contributed by atoms with E-state index >= 15 is 0 Å². The third-order valence-corrected chi connectivity index (χ3v) is 4.05. The number of amides is 1. The van der Waals surface area contributed by atoms with Crippen molar-refractivity contribution in [2.45, 2.75) is 32.6 Å². The van der Waals surface area contributed by atoms with Crippen LogP contribution in [0.1, 0.15) is 31.9 Å². The fourth-order valence-electron chi connectivity index (χ4n) is 2.78. The highest BCUT2D eigenvalue weighted by Gasteiger charge is 2.18. The lowest BCUT2D eigenvalue weighted by Crippen LogP contribution is -2.20. The highest BCUT2D eigenvalue weighted by molar-refractivity contribution is 5.95. The molecular formula is C16H21ClN4O. The minimum Gasteiger partial charge on any atom is -0.323 e. The molecule has 0 saturated heterocycles. The van der Waals surface area contributed by atoms with Gasteiger partial charge < -0.3 is 5.32 Å². The summed E-state index contributed by atoms with van der Waals surface area (Å²) in [6.07, 6.45) is 7.51. The van der Waals surface area contributed by atoms with E-state index in [-0.39, 0.29) is 24.2 Å². The Hall–Kier alpha value is -1.88. The molecule has 0 saturated carbocycles. The number of carbonyl (C=O) groups is 1. The smallest absolute Gasteiger partial charge is 0.227 e. The van der Waals surface area contributed by atoms with Crippen LogP contribution >= 0.6 is 12.4 Å². The second-order valence-electron chi connectivity index (χ2n) is 5.70. The summed E-state index contributed by atoms with van der Waals surface area (Å²) in [5.74, 6) is 0.0860. The number of aryl methyl sites for hydroxylation is 2. The second-order valence-corrected chi connectivity index (χ2v) is 5.70. The number of carbonyl (C=O) groups excluding carboxylic acids is 1. The van der Waals surface area contributed by atoms with Crippen LogP contribution in [0, 0.1) is 5.92 Å². The van der Waals surface area contributed by atoms with Gasteiger partial charge in [0.25, 0.3) is 0 Å². The Morgan fingerprint density at radius 1 is 1.36 bits per heavy atom. The maximum Gasteiger partial charge on any atom is 0.227 e. The summed E-state index contributed by atoms with van der Waals surface area (Å²) >= 11 is 0. The number of rotatable bonds is 0. The van der Waals surface area contributed by atoms with E-state index in [4.69, 9.17) is 0 Å². The van der Waals surface area contributed by atoms with E-state index in [1.807, 2.05) is 26.2 Å². The molecule has 1 unspecified atom stereocenters. The molecular weight excluding hydrogens is 300 g/mol. The van der Waals surface area contributed by atoms with Crippen molar-refractivity contribution in [2.24, 2.45) is 13.0 Å². The number of fused-ring (bicyclic) bond motifs is 4. The molecule has 1 aliphatic rings. The predicted molar refractivity (Wildman–Crippen MR) is 89.0 cm³/mol. The van der Waals surface area contributed by atoms with Crippen LogP contribution in [-0.4, -0.2) is 20.7 Å². The number of anilines is 1. The van der Waals surface area contributed by atoms with Gasteiger partial charge in [0.15, 0.2) is 0 Å². The van der Waals surface area contributed by atoms with E-state index in [1.165, 1.54) is 0 Å². The molecule has 2 bridgehead atoms. The van der Waals surface area contributed by atoms with Gasteiger partial charge in [-0.25, -0.2) is 0 Å². The van der Waals surface area contributed by atoms with E-state index in [0.29, 0.717) is 0 Å². The summed E-state index contributed by atoms with van der Waals surface area (Å²) in [5.41, 5.74) is 3.84. The second kappa shape index (κ2) is 6.92. The summed E-state index contributed by atoms with van der Waals surface area (Å²) in [5, 5.41) is 7.30. The van der Waals surface area contributed by atoms with E-state index in [2.05, 4.69) is 21.5 Å².